The molecule has 24 heteroatoms. The van der Waals surface area contributed by atoms with Crippen molar-refractivity contribution in [3.63, 3.8) is 0 Å². The molecule has 8 unspecified atom stereocenters. The lowest BCUT2D eigenvalue weighted by atomic mass is 9.83. The van der Waals surface area contributed by atoms with Crippen LogP contribution in [0.25, 0.3) is 0 Å². The van der Waals surface area contributed by atoms with E-state index in [4.69, 9.17) is 40.0 Å². The molecule has 4 heterocycles. The summed E-state index contributed by atoms with van der Waals surface area (Å²) >= 11 is 6.82. The number of aliphatic hydroxyl groups is 1. The molecule has 8 atom stereocenters. The second-order valence-corrected chi connectivity index (χ2v) is 23.5. The van der Waals surface area contributed by atoms with E-state index in [0.717, 1.165) is 16.0 Å². The van der Waals surface area contributed by atoms with Crippen molar-refractivity contribution >= 4 is 86.4 Å². The van der Waals surface area contributed by atoms with Crippen molar-refractivity contribution in [2.24, 2.45) is 5.92 Å². The zero-order chi connectivity index (χ0) is 56.1. The maximum atomic E-state index is 14.4. The number of amides is 7. The number of imide groups is 1. The summed E-state index contributed by atoms with van der Waals surface area (Å²) in [6.07, 6.45) is 3.64. The predicted molar refractivity (Wildman–Crippen MR) is 286 cm³/mol. The van der Waals surface area contributed by atoms with Gasteiger partial charge < -0.3 is 54.0 Å². The van der Waals surface area contributed by atoms with Gasteiger partial charge in [-0.2, -0.15) is 0 Å². The molecule has 1 aromatic rings. The zero-order valence-electron chi connectivity index (χ0n) is 44.9. The van der Waals surface area contributed by atoms with Crippen molar-refractivity contribution in [2.75, 3.05) is 71.8 Å². The van der Waals surface area contributed by atoms with E-state index in [9.17, 15) is 43.5 Å². The molecule has 0 aromatic heterocycles. The second kappa shape index (κ2) is 27.4. The highest BCUT2D eigenvalue weighted by Gasteiger charge is 2.64. The van der Waals surface area contributed by atoms with Gasteiger partial charge in [-0.25, -0.2) is 9.59 Å². The van der Waals surface area contributed by atoms with Gasteiger partial charge in [0, 0.05) is 95.1 Å². The van der Waals surface area contributed by atoms with Crippen LogP contribution in [0.1, 0.15) is 85.6 Å². The number of anilines is 1. The third-order valence-corrected chi connectivity index (χ3v) is 17.5. The number of fused-ring (bicyclic) bond motifs is 5. The fourth-order valence-corrected chi connectivity index (χ4v) is 11.6. The molecule has 4 bridgehead atoms. The fraction of sp³-hybridized carbons (Fsp3) is 0.615. The quantitative estimate of drug-likeness (QED) is 0.0412. The summed E-state index contributed by atoms with van der Waals surface area (Å²) in [5.41, 5.74) is -1.11. The number of alkyl carbamates (subject to hydrolysis) is 1. The number of hydrogen-bond acceptors (Lipinski definition) is 17. The predicted octanol–water partition coefficient (Wildman–Crippen LogP) is 4.41. The van der Waals surface area contributed by atoms with Gasteiger partial charge in [0.1, 0.15) is 40.7 Å². The average molecular weight is 1120 g/mol. The van der Waals surface area contributed by atoms with Crippen LogP contribution in [0.15, 0.2) is 48.1 Å². The number of halogens is 1. The molecule has 21 nitrogen and oxygen atoms in total. The van der Waals surface area contributed by atoms with Crippen LogP contribution in [-0.2, 0) is 63.7 Å². The number of nitrogens with zero attached hydrogens (tertiary/aromatic N) is 3. The molecule has 2 saturated heterocycles. The smallest absolute Gasteiger partial charge is 0.409 e. The minimum Gasteiger partial charge on any atom is -0.495 e. The number of esters is 1. The number of allylic oxidation sites excluding steroid dienone is 3. The minimum absolute atomic E-state index is 0.0598. The highest BCUT2D eigenvalue weighted by atomic mass is 35.5. The molecule has 5 rings (SSSR count). The van der Waals surface area contributed by atoms with Gasteiger partial charge in [-0.15, -0.1) is 0 Å². The molecule has 1 aromatic carbocycles. The first-order valence-electron chi connectivity index (χ1n) is 25.1. The molecule has 0 radical (unpaired) electrons. The molecule has 0 aliphatic carbocycles. The monoisotopic (exact) mass is 1120 g/mol. The van der Waals surface area contributed by atoms with Crippen LogP contribution in [0.2, 0.25) is 5.02 Å². The summed E-state index contributed by atoms with van der Waals surface area (Å²) < 4.78 is 34.6. The van der Waals surface area contributed by atoms with Crippen molar-refractivity contribution < 1.29 is 71.9 Å². The first-order valence-corrected chi connectivity index (χ1v) is 27.8. The fourth-order valence-electron chi connectivity index (χ4n) is 8.84. The topological polar surface area (TPSA) is 261 Å². The van der Waals surface area contributed by atoms with E-state index in [0.29, 0.717) is 36.6 Å². The molecular formula is C52H73ClN6O15S2. The maximum absolute atomic E-state index is 14.4. The van der Waals surface area contributed by atoms with Crippen molar-refractivity contribution in [3.8, 4) is 5.75 Å². The van der Waals surface area contributed by atoms with Gasteiger partial charge in [-0.05, 0) is 65.2 Å². The maximum Gasteiger partial charge on any atom is 0.409 e. The van der Waals surface area contributed by atoms with Crippen LogP contribution in [0.4, 0.5) is 10.5 Å². The van der Waals surface area contributed by atoms with Gasteiger partial charge in [-0.3, -0.25) is 39.0 Å². The van der Waals surface area contributed by atoms with Crippen LogP contribution >= 0.6 is 33.2 Å². The van der Waals surface area contributed by atoms with E-state index in [1.807, 2.05) is 26.8 Å². The number of carbonyl (C=O) groups excluding carboxylic acids is 8. The molecular weight excluding hydrogens is 1050 g/mol. The lowest BCUT2D eigenvalue weighted by Crippen LogP contribution is -2.63. The standard InChI is InChI=1S/C52H73ClN6O15S2/c1-31-12-11-13-38(70-10)52(68)30-37(72-49(67)56-52)32(2)47-51(6,74-47)39(29-45(65)58(8)35-27-34(26-31)28-36(69-9)46(35)53)73-48(66)33(3)57(7)42(62)16-19-50(4,5)76-75-25-21-55-41(61)18-24-71-23-17-40(60)54-20-22-59-43(63)14-15-44(59)64/h11-15,27-28,32-33,37-39,47,68H,16-26,29-30H2,1-10H3,(H,54,60)(H,55,61)(H,56,67)/b13-11+,31-12+. The number of epoxide rings is 1. The normalized spacial score (nSPS) is 26.3. The molecule has 76 heavy (non-hydrogen) atoms. The van der Waals surface area contributed by atoms with Crippen LogP contribution in [-0.4, -0.2) is 176 Å². The summed E-state index contributed by atoms with van der Waals surface area (Å²) in [6.45, 7) is 11.8. The van der Waals surface area contributed by atoms with Gasteiger partial charge in [0.05, 0.1) is 38.5 Å². The van der Waals surface area contributed by atoms with Crippen LogP contribution in [0.5, 0.6) is 5.75 Å². The van der Waals surface area contributed by atoms with Crippen molar-refractivity contribution in [3.05, 3.63) is 58.7 Å². The Bertz CT molecular complexity index is 2410. The van der Waals surface area contributed by atoms with E-state index >= 15 is 0 Å². The van der Waals surface area contributed by atoms with Crippen molar-refractivity contribution in [1.82, 2.24) is 25.8 Å². The van der Waals surface area contributed by atoms with E-state index in [1.54, 1.807) is 73.7 Å². The Balaban J connectivity index is 1.14. The Morgan fingerprint density at radius 2 is 1.70 bits per heavy atom. The molecule has 0 saturated carbocycles. The lowest BCUT2D eigenvalue weighted by Gasteiger charge is -2.42. The average Bonchev–Trinajstić information content (AvgIpc) is 3.97. The van der Waals surface area contributed by atoms with E-state index in [1.165, 1.54) is 43.2 Å². The van der Waals surface area contributed by atoms with E-state index < -0.39 is 77.5 Å². The number of hydrogen-bond donors (Lipinski definition) is 4. The summed E-state index contributed by atoms with van der Waals surface area (Å²) in [4.78, 5) is 106. The largest absolute Gasteiger partial charge is 0.495 e. The molecule has 4 N–H and O–H groups in total. The number of carbonyl (C=O) groups is 8. The van der Waals surface area contributed by atoms with E-state index in [-0.39, 0.29) is 85.9 Å². The van der Waals surface area contributed by atoms with Gasteiger partial charge in [0.15, 0.2) is 5.72 Å². The van der Waals surface area contributed by atoms with Gasteiger partial charge in [0.2, 0.25) is 23.6 Å². The Hall–Kier alpha value is -5.17. The molecule has 420 valence electrons. The Morgan fingerprint density at radius 1 is 1.04 bits per heavy atom. The second-order valence-electron chi connectivity index (χ2n) is 20.0. The molecule has 4 aliphatic heterocycles. The first-order chi connectivity index (χ1) is 35.8. The van der Waals surface area contributed by atoms with Gasteiger partial charge in [-0.1, -0.05) is 63.9 Å². The number of methoxy groups -OCH3 is 2. The number of benzene rings is 1. The zero-order valence-corrected chi connectivity index (χ0v) is 47.3. The summed E-state index contributed by atoms with van der Waals surface area (Å²) in [5.74, 6) is -2.54. The van der Waals surface area contributed by atoms with Gasteiger partial charge in [0.25, 0.3) is 11.8 Å². The third kappa shape index (κ3) is 16.7. The third-order valence-electron chi connectivity index (χ3n) is 13.8. The highest BCUT2D eigenvalue weighted by Crippen LogP contribution is 2.49. The van der Waals surface area contributed by atoms with Crippen molar-refractivity contribution in [2.45, 2.75) is 133 Å². The van der Waals surface area contributed by atoms with E-state index in [2.05, 4.69) is 16.0 Å². The molecule has 4 aliphatic rings. The Labute approximate surface area is 457 Å². The summed E-state index contributed by atoms with van der Waals surface area (Å²) in [7, 11) is 9.08. The summed E-state index contributed by atoms with van der Waals surface area (Å²) in [6, 6.07) is 2.48. The van der Waals surface area contributed by atoms with Crippen LogP contribution < -0.4 is 25.6 Å². The molecule has 0 spiro atoms. The van der Waals surface area contributed by atoms with Crippen LogP contribution in [0, 0.1) is 5.92 Å². The van der Waals surface area contributed by atoms with Crippen molar-refractivity contribution in [1.29, 1.82) is 0 Å². The SMILES string of the molecule is COc1cc2cc(c1Cl)N(C)C(=O)CC(OC(=O)C(C)N(C)C(=O)CCC(C)(C)SSCCNC(=O)CCOCCC(=O)NCCN1C(=O)C=CC1=O)C1(C)OC1C(C)C1CC(O)(NC(=O)O1)C(OC)/C=C/C=C(\C)C2. The van der Waals surface area contributed by atoms with Crippen LogP contribution in [0.3, 0.4) is 0 Å². The highest BCUT2D eigenvalue weighted by molar-refractivity contribution is 8.77. The first kappa shape index (κ1) is 61.7. The minimum atomic E-state index is -1.87. The molecule has 7 amide bonds. The lowest BCUT2D eigenvalue weighted by molar-refractivity contribution is -0.162. The number of ether oxygens (including phenoxy) is 6. The number of nitrogens with one attached hydrogen (secondary N) is 3. The Kier molecular flexibility index (Phi) is 22.3. The van der Waals surface area contributed by atoms with Gasteiger partial charge >= 0.3 is 12.1 Å². The summed E-state index contributed by atoms with van der Waals surface area (Å²) in [5, 5.41) is 20.0. The molecule has 2 fully saturated rings. The number of rotatable bonds is 22. The Morgan fingerprint density at radius 3 is 2.34 bits per heavy atom. The number of likely N-dealkylation sites (N-methyl/N-ethyl adjacent to an activating group) is 1.